The van der Waals surface area contributed by atoms with Crippen molar-refractivity contribution in [2.24, 2.45) is 0 Å². The van der Waals surface area contributed by atoms with E-state index in [1.54, 1.807) is 0 Å². The van der Waals surface area contributed by atoms with E-state index in [1.165, 1.54) is 6.07 Å². The number of aliphatic hydroxyl groups excluding tert-OH is 1. The molecule has 1 aromatic carbocycles. The minimum Gasteiger partial charge on any atom is -0.381 e. The van der Waals surface area contributed by atoms with Crippen molar-refractivity contribution in [2.75, 3.05) is 11.4 Å². The van der Waals surface area contributed by atoms with Crippen molar-refractivity contribution in [3.63, 3.8) is 0 Å². The second-order valence-corrected chi connectivity index (χ2v) is 5.55. The van der Waals surface area contributed by atoms with Crippen LogP contribution < -0.4 is 4.90 Å². The second-order valence-electron chi connectivity index (χ2n) is 5.55. The van der Waals surface area contributed by atoms with Gasteiger partial charge in [0.25, 0.3) is 0 Å². The van der Waals surface area contributed by atoms with Crippen molar-refractivity contribution in [1.82, 2.24) is 0 Å². The van der Waals surface area contributed by atoms with Crippen molar-refractivity contribution in [3.05, 3.63) is 29.3 Å². The molecular formula is C14H9F9N2O2. The lowest BCUT2D eigenvalue weighted by atomic mass is 10.1. The third-order valence-electron chi connectivity index (χ3n) is 3.69. The maximum absolute atomic E-state index is 13.1. The first kappa shape index (κ1) is 21.1. The maximum Gasteiger partial charge on any atom is 0.433 e. The van der Waals surface area contributed by atoms with Gasteiger partial charge < -0.3 is 14.7 Å². The molecule has 0 bridgehead atoms. The normalized spacial score (nSPS) is 22.6. The SMILES string of the molecule is N#Cc1ccc(N2CC([C@@H](O)C(F)(F)F)O[C@H]2C(F)(F)F)cc1C(F)(F)F. The van der Waals surface area contributed by atoms with E-state index in [1.807, 2.05) is 0 Å². The highest BCUT2D eigenvalue weighted by molar-refractivity contribution is 5.56. The summed E-state index contributed by atoms with van der Waals surface area (Å²) in [7, 11) is 0. The van der Waals surface area contributed by atoms with Gasteiger partial charge in [-0.05, 0) is 18.2 Å². The summed E-state index contributed by atoms with van der Waals surface area (Å²) in [6, 6.07) is 2.76. The van der Waals surface area contributed by atoms with Crippen LogP contribution in [-0.4, -0.2) is 42.4 Å². The van der Waals surface area contributed by atoms with Crippen LogP contribution in [0.5, 0.6) is 0 Å². The van der Waals surface area contributed by atoms with Crippen LogP contribution in [0.25, 0.3) is 0 Å². The number of rotatable bonds is 2. The van der Waals surface area contributed by atoms with E-state index in [9.17, 15) is 39.5 Å². The quantitative estimate of drug-likeness (QED) is 0.761. The average Bonchev–Trinajstić information content (AvgIpc) is 2.97. The maximum atomic E-state index is 13.1. The summed E-state index contributed by atoms with van der Waals surface area (Å²) in [6.45, 7) is -1.17. The first-order valence-electron chi connectivity index (χ1n) is 7.01. The average molecular weight is 408 g/mol. The Bertz CT molecular complexity index is 736. The topological polar surface area (TPSA) is 56.5 Å². The molecule has 150 valence electrons. The molecule has 0 spiro atoms. The van der Waals surface area contributed by atoms with Gasteiger partial charge in [-0.3, -0.25) is 0 Å². The molecule has 27 heavy (non-hydrogen) atoms. The highest BCUT2D eigenvalue weighted by Gasteiger charge is 2.56. The third-order valence-corrected chi connectivity index (χ3v) is 3.69. The van der Waals surface area contributed by atoms with Crippen molar-refractivity contribution < 1.29 is 49.4 Å². The molecule has 13 heteroatoms. The summed E-state index contributed by atoms with van der Waals surface area (Å²) in [5.41, 5.74) is -3.19. The minimum absolute atomic E-state index is 0.121. The number of nitriles is 1. The third kappa shape index (κ3) is 4.38. The van der Waals surface area contributed by atoms with Crippen molar-refractivity contribution in [1.29, 1.82) is 5.26 Å². The number of alkyl halides is 9. The molecule has 1 N–H and O–H groups in total. The van der Waals surface area contributed by atoms with Crippen molar-refractivity contribution >= 4 is 5.69 Å². The first-order chi connectivity index (χ1) is 12.2. The Kier molecular flexibility index (Phi) is 5.28. The molecule has 1 aliphatic heterocycles. The molecule has 1 fully saturated rings. The molecule has 3 atom stereocenters. The number of anilines is 1. The molecule has 0 amide bonds. The highest BCUT2D eigenvalue weighted by Crippen LogP contribution is 2.40. The first-order valence-corrected chi connectivity index (χ1v) is 7.01. The summed E-state index contributed by atoms with van der Waals surface area (Å²) < 4.78 is 120. The smallest absolute Gasteiger partial charge is 0.381 e. The van der Waals surface area contributed by atoms with Gasteiger partial charge in [0.1, 0.15) is 6.10 Å². The van der Waals surface area contributed by atoms with Gasteiger partial charge in [0, 0.05) is 12.2 Å². The lowest BCUT2D eigenvalue weighted by Crippen LogP contribution is -2.42. The highest BCUT2D eigenvalue weighted by atomic mass is 19.4. The molecule has 0 aromatic heterocycles. The largest absolute Gasteiger partial charge is 0.433 e. The Labute approximate surface area is 145 Å². The van der Waals surface area contributed by atoms with Crippen molar-refractivity contribution in [3.8, 4) is 6.07 Å². The van der Waals surface area contributed by atoms with Crippen LogP contribution in [0.4, 0.5) is 45.2 Å². The molecule has 2 rings (SSSR count). The van der Waals surface area contributed by atoms with Gasteiger partial charge in [-0.15, -0.1) is 0 Å². The second kappa shape index (κ2) is 6.75. The van der Waals surface area contributed by atoms with Gasteiger partial charge >= 0.3 is 18.5 Å². The Morgan fingerprint density at radius 2 is 1.70 bits per heavy atom. The van der Waals surface area contributed by atoms with Crippen LogP contribution in [0.1, 0.15) is 11.1 Å². The number of benzene rings is 1. The van der Waals surface area contributed by atoms with Crippen LogP contribution in [0.15, 0.2) is 18.2 Å². The lowest BCUT2D eigenvalue weighted by molar-refractivity contribution is -0.258. The molecule has 4 nitrogen and oxygen atoms in total. The standard InChI is InChI=1S/C14H9F9N2O2/c15-12(16,17)8-3-7(2-1-6(8)4-24)25-5-9(10(26)13(18,19)20)27-11(25)14(21,22)23/h1-3,9-11,26H,5H2/t9?,10-,11+/m1/s1. The Balaban J connectivity index is 2.47. The van der Waals surface area contributed by atoms with E-state index < -0.39 is 60.3 Å². The van der Waals surface area contributed by atoms with Crippen molar-refractivity contribution in [2.45, 2.75) is 37.0 Å². The fourth-order valence-electron chi connectivity index (χ4n) is 2.49. The number of nitrogens with zero attached hydrogens (tertiary/aromatic N) is 2. The van der Waals surface area contributed by atoms with E-state index in [-0.39, 0.29) is 11.0 Å². The van der Waals surface area contributed by atoms with Crippen LogP contribution in [-0.2, 0) is 10.9 Å². The van der Waals surface area contributed by atoms with E-state index in [4.69, 9.17) is 10.4 Å². The number of aliphatic hydroxyl groups is 1. The van der Waals surface area contributed by atoms with Gasteiger partial charge in [-0.25, -0.2) is 0 Å². The van der Waals surface area contributed by atoms with Gasteiger partial charge in [0.15, 0.2) is 6.10 Å². The summed E-state index contributed by atoms with van der Waals surface area (Å²) >= 11 is 0. The van der Waals surface area contributed by atoms with Gasteiger partial charge in [-0.2, -0.15) is 44.8 Å². The number of halogens is 9. The number of ether oxygens (including phenoxy) is 1. The molecule has 0 radical (unpaired) electrons. The van der Waals surface area contributed by atoms with Gasteiger partial charge in [-0.1, -0.05) is 0 Å². The fraction of sp³-hybridized carbons (Fsp3) is 0.500. The minimum atomic E-state index is -5.29. The van der Waals surface area contributed by atoms with E-state index in [0.717, 1.165) is 6.07 Å². The van der Waals surface area contributed by atoms with Crippen LogP contribution in [0.3, 0.4) is 0 Å². The lowest BCUT2D eigenvalue weighted by Gasteiger charge is -2.27. The summed E-state index contributed by atoms with van der Waals surface area (Å²) in [5, 5.41) is 17.8. The summed E-state index contributed by atoms with van der Waals surface area (Å²) in [6.07, 6.45) is -24.3. The molecule has 0 aliphatic carbocycles. The van der Waals surface area contributed by atoms with Gasteiger partial charge in [0.05, 0.1) is 17.2 Å². The zero-order valence-corrected chi connectivity index (χ0v) is 12.8. The fourth-order valence-corrected chi connectivity index (χ4v) is 2.49. The molecule has 1 saturated heterocycles. The Morgan fingerprint density at radius 1 is 1.11 bits per heavy atom. The van der Waals surface area contributed by atoms with Crippen LogP contribution >= 0.6 is 0 Å². The van der Waals surface area contributed by atoms with Crippen LogP contribution in [0.2, 0.25) is 0 Å². The van der Waals surface area contributed by atoms with E-state index in [2.05, 4.69) is 4.74 Å². The monoisotopic (exact) mass is 408 g/mol. The molecule has 0 saturated carbocycles. The molecule has 1 heterocycles. The molecule has 1 unspecified atom stereocenters. The summed E-state index contributed by atoms with van der Waals surface area (Å²) in [4.78, 5) is 0.121. The van der Waals surface area contributed by atoms with E-state index >= 15 is 0 Å². The Hall–Kier alpha value is -2.20. The van der Waals surface area contributed by atoms with Gasteiger partial charge in [0.2, 0.25) is 6.23 Å². The molecular weight excluding hydrogens is 399 g/mol. The van der Waals surface area contributed by atoms with Crippen LogP contribution in [0, 0.1) is 11.3 Å². The zero-order valence-electron chi connectivity index (χ0n) is 12.8. The van der Waals surface area contributed by atoms with E-state index in [0.29, 0.717) is 6.07 Å². The summed E-state index contributed by atoms with van der Waals surface area (Å²) in [5.74, 6) is 0. The predicted molar refractivity (Wildman–Crippen MR) is 70.3 cm³/mol. The molecule has 1 aliphatic rings. The number of hydrogen-bond donors (Lipinski definition) is 1. The number of hydrogen-bond acceptors (Lipinski definition) is 4. The Morgan fingerprint density at radius 3 is 2.15 bits per heavy atom. The predicted octanol–water partition coefficient (Wildman–Crippen LogP) is 3.59. The molecule has 1 aromatic rings. The zero-order chi connectivity index (χ0) is 20.8.